The molecule has 2 aromatic heterocycles. The molecule has 0 aliphatic carbocycles. The van der Waals surface area contributed by atoms with Gasteiger partial charge in [-0.2, -0.15) is 0 Å². The van der Waals surface area contributed by atoms with Gasteiger partial charge in [0.15, 0.2) is 0 Å². The number of anilines is 1. The van der Waals surface area contributed by atoms with E-state index in [0.29, 0.717) is 5.92 Å². The van der Waals surface area contributed by atoms with Crippen molar-refractivity contribution in [3.05, 3.63) is 36.4 Å². The normalized spacial score (nSPS) is 16.0. The SMILES string of the molecule is CCc1nc(-c2ccncc2)cc(N2CCC(CN)CC2)n1. The third kappa shape index (κ3) is 3.25. The minimum atomic E-state index is 0.656. The lowest BCUT2D eigenvalue weighted by Gasteiger charge is -2.32. The molecule has 1 saturated heterocycles. The van der Waals surface area contributed by atoms with Crippen LogP contribution in [0.4, 0.5) is 5.82 Å². The van der Waals surface area contributed by atoms with Gasteiger partial charge in [-0.1, -0.05) is 6.92 Å². The molecule has 3 rings (SSSR count). The first kappa shape index (κ1) is 14.9. The lowest BCUT2D eigenvalue weighted by atomic mass is 9.97. The maximum atomic E-state index is 5.78. The standard InChI is InChI=1S/C17H23N5/c1-2-16-20-15(14-3-7-19-8-4-14)11-17(21-16)22-9-5-13(12-18)6-10-22/h3-4,7-8,11,13H,2,5-6,9-10,12,18H2,1H3. The summed E-state index contributed by atoms with van der Waals surface area (Å²) in [6.07, 6.45) is 6.73. The Bertz CT molecular complexity index is 606. The number of hydrogen-bond donors (Lipinski definition) is 1. The van der Waals surface area contributed by atoms with Crippen LogP contribution < -0.4 is 10.6 Å². The molecular weight excluding hydrogens is 274 g/mol. The molecule has 3 heterocycles. The van der Waals surface area contributed by atoms with E-state index in [9.17, 15) is 0 Å². The van der Waals surface area contributed by atoms with Gasteiger partial charge in [0.2, 0.25) is 0 Å². The molecule has 5 nitrogen and oxygen atoms in total. The molecule has 1 fully saturated rings. The number of nitrogens with zero attached hydrogens (tertiary/aromatic N) is 4. The minimum absolute atomic E-state index is 0.656. The van der Waals surface area contributed by atoms with Gasteiger partial charge in [-0.15, -0.1) is 0 Å². The van der Waals surface area contributed by atoms with Gasteiger partial charge >= 0.3 is 0 Å². The highest BCUT2D eigenvalue weighted by Gasteiger charge is 2.20. The van der Waals surface area contributed by atoms with E-state index in [2.05, 4.69) is 27.9 Å². The average Bonchev–Trinajstić information content (AvgIpc) is 2.62. The summed E-state index contributed by atoms with van der Waals surface area (Å²) in [7, 11) is 0. The van der Waals surface area contributed by atoms with Crippen LogP contribution in [0.25, 0.3) is 11.3 Å². The molecule has 0 radical (unpaired) electrons. The van der Waals surface area contributed by atoms with Crippen molar-refractivity contribution in [3.63, 3.8) is 0 Å². The fourth-order valence-electron chi connectivity index (χ4n) is 2.87. The van der Waals surface area contributed by atoms with E-state index < -0.39 is 0 Å². The Morgan fingerprint density at radius 3 is 2.55 bits per heavy atom. The molecule has 2 N–H and O–H groups in total. The van der Waals surface area contributed by atoms with Gasteiger partial charge in [0.1, 0.15) is 11.6 Å². The summed E-state index contributed by atoms with van der Waals surface area (Å²) in [4.78, 5) is 15.8. The molecule has 0 spiro atoms. The topological polar surface area (TPSA) is 67.9 Å². The fourth-order valence-corrected chi connectivity index (χ4v) is 2.87. The van der Waals surface area contributed by atoms with Gasteiger partial charge in [-0.05, 0) is 37.4 Å². The van der Waals surface area contributed by atoms with Crippen molar-refractivity contribution in [3.8, 4) is 11.3 Å². The monoisotopic (exact) mass is 297 g/mol. The second-order valence-corrected chi connectivity index (χ2v) is 5.78. The van der Waals surface area contributed by atoms with Crippen LogP contribution in [-0.4, -0.2) is 34.6 Å². The predicted octanol–water partition coefficient (Wildman–Crippen LogP) is 2.28. The summed E-state index contributed by atoms with van der Waals surface area (Å²) in [5.74, 6) is 2.59. The third-order valence-corrected chi connectivity index (χ3v) is 4.32. The number of pyridine rings is 1. The molecular formula is C17H23N5. The van der Waals surface area contributed by atoms with Crippen molar-refractivity contribution in [2.75, 3.05) is 24.5 Å². The van der Waals surface area contributed by atoms with E-state index in [1.54, 1.807) is 12.4 Å². The van der Waals surface area contributed by atoms with Gasteiger partial charge in [-0.25, -0.2) is 9.97 Å². The molecule has 1 aliphatic rings. The van der Waals surface area contributed by atoms with Crippen molar-refractivity contribution in [1.29, 1.82) is 0 Å². The summed E-state index contributed by atoms with van der Waals surface area (Å²) >= 11 is 0. The molecule has 0 bridgehead atoms. The summed E-state index contributed by atoms with van der Waals surface area (Å²) in [5.41, 5.74) is 7.85. The van der Waals surface area contributed by atoms with Crippen molar-refractivity contribution in [1.82, 2.24) is 15.0 Å². The van der Waals surface area contributed by atoms with Gasteiger partial charge < -0.3 is 10.6 Å². The summed E-state index contributed by atoms with van der Waals surface area (Å²) in [6, 6.07) is 6.08. The highest BCUT2D eigenvalue weighted by Crippen LogP contribution is 2.25. The van der Waals surface area contributed by atoms with E-state index >= 15 is 0 Å². The van der Waals surface area contributed by atoms with Crippen molar-refractivity contribution < 1.29 is 0 Å². The molecule has 0 unspecified atom stereocenters. The number of hydrogen-bond acceptors (Lipinski definition) is 5. The average molecular weight is 297 g/mol. The molecule has 22 heavy (non-hydrogen) atoms. The van der Waals surface area contributed by atoms with Crippen LogP contribution in [0, 0.1) is 5.92 Å². The van der Waals surface area contributed by atoms with Gasteiger partial charge in [0, 0.05) is 43.5 Å². The molecule has 5 heteroatoms. The lowest BCUT2D eigenvalue weighted by Crippen LogP contribution is -2.36. The second kappa shape index (κ2) is 6.83. The number of aryl methyl sites for hydroxylation is 1. The van der Waals surface area contributed by atoms with Crippen LogP contribution in [-0.2, 0) is 6.42 Å². The number of rotatable bonds is 4. The Morgan fingerprint density at radius 1 is 1.18 bits per heavy atom. The first-order chi connectivity index (χ1) is 10.8. The molecule has 116 valence electrons. The van der Waals surface area contributed by atoms with Crippen LogP contribution in [0.2, 0.25) is 0 Å². The highest BCUT2D eigenvalue weighted by molar-refractivity contribution is 5.62. The summed E-state index contributed by atoms with van der Waals surface area (Å²) in [5, 5.41) is 0. The zero-order valence-corrected chi connectivity index (χ0v) is 13.1. The minimum Gasteiger partial charge on any atom is -0.356 e. The quantitative estimate of drug-likeness (QED) is 0.937. The molecule has 0 saturated carbocycles. The van der Waals surface area contributed by atoms with Gasteiger partial charge in [-0.3, -0.25) is 4.98 Å². The van der Waals surface area contributed by atoms with E-state index in [-0.39, 0.29) is 0 Å². The van der Waals surface area contributed by atoms with E-state index in [0.717, 1.165) is 61.8 Å². The van der Waals surface area contributed by atoms with Crippen molar-refractivity contribution in [2.45, 2.75) is 26.2 Å². The van der Waals surface area contributed by atoms with Crippen LogP contribution in [0.3, 0.4) is 0 Å². The maximum Gasteiger partial charge on any atom is 0.132 e. The molecule has 0 amide bonds. The number of piperidine rings is 1. The number of aromatic nitrogens is 3. The molecule has 2 aromatic rings. The van der Waals surface area contributed by atoms with E-state index in [1.165, 1.54) is 0 Å². The zero-order chi connectivity index (χ0) is 15.4. The fraction of sp³-hybridized carbons (Fsp3) is 0.471. The summed E-state index contributed by atoms with van der Waals surface area (Å²) in [6.45, 7) is 4.94. The third-order valence-electron chi connectivity index (χ3n) is 4.32. The number of nitrogens with two attached hydrogens (primary N) is 1. The Labute approximate surface area is 131 Å². The first-order valence-electron chi connectivity index (χ1n) is 8.03. The maximum absolute atomic E-state index is 5.78. The summed E-state index contributed by atoms with van der Waals surface area (Å²) < 4.78 is 0. The first-order valence-corrected chi connectivity index (χ1v) is 8.03. The van der Waals surface area contributed by atoms with Crippen LogP contribution in [0.15, 0.2) is 30.6 Å². The molecule has 0 atom stereocenters. The van der Waals surface area contributed by atoms with Crippen LogP contribution >= 0.6 is 0 Å². The highest BCUT2D eigenvalue weighted by atomic mass is 15.2. The largest absolute Gasteiger partial charge is 0.356 e. The zero-order valence-electron chi connectivity index (χ0n) is 13.1. The molecule has 0 aromatic carbocycles. The Hall–Kier alpha value is -2.01. The van der Waals surface area contributed by atoms with E-state index in [1.807, 2.05) is 12.1 Å². The van der Waals surface area contributed by atoms with E-state index in [4.69, 9.17) is 10.7 Å². The Morgan fingerprint density at radius 2 is 1.91 bits per heavy atom. The Kier molecular flexibility index (Phi) is 4.63. The van der Waals surface area contributed by atoms with Crippen molar-refractivity contribution >= 4 is 5.82 Å². The predicted molar refractivity (Wildman–Crippen MR) is 88.6 cm³/mol. The lowest BCUT2D eigenvalue weighted by molar-refractivity contribution is 0.413. The Balaban J connectivity index is 1.88. The van der Waals surface area contributed by atoms with Gasteiger partial charge in [0.05, 0.1) is 5.69 Å². The van der Waals surface area contributed by atoms with Crippen LogP contribution in [0.1, 0.15) is 25.6 Å². The molecule has 1 aliphatic heterocycles. The van der Waals surface area contributed by atoms with Crippen LogP contribution in [0.5, 0.6) is 0 Å². The van der Waals surface area contributed by atoms with Crippen molar-refractivity contribution in [2.24, 2.45) is 11.7 Å². The second-order valence-electron chi connectivity index (χ2n) is 5.78. The smallest absolute Gasteiger partial charge is 0.132 e. The van der Waals surface area contributed by atoms with Gasteiger partial charge in [0.25, 0.3) is 0 Å².